The Labute approximate surface area is 152 Å². The summed E-state index contributed by atoms with van der Waals surface area (Å²) in [6.45, 7) is 3.42. The van der Waals surface area contributed by atoms with E-state index in [2.05, 4.69) is 25.3 Å². The molecule has 2 heterocycles. The van der Waals surface area contributed by atoms with Gasteiger partial charge in [0.2, 0.25) is 10.0 Å². The highest BCUT2D eigenvalue weighted by molar-refractivity contribution is 7.89. The summed E-state index contributed by atoms with van der Waals surface area (Å²) in [7, 11) is -3.76. The first-order valence-electron chi connectivity index (χ1n) is 8.33. The number of sulfonamides is 1. The average Bonchev–Trinajstić information content (AvgIpc) is 3.14. The number of hydrogen-bond donors (Lipinski definition) is 3. The van der Waals surface area contributed by atoms with Gasteiger partial charge in [-0.05, 0) is 38.1 Å². The lowest BCUT2D eigenvalue weighted by Crippen LogP contribution is -2.36. The Balaban J connectivity index is 1.69. The van der Waals surface area contributed by atoms with Crippen molar-refractivity contribution in [1.29, 1.82) is 0 Å². The maximum atomic E-state index is 12.5. The van der Waals surface area contributed by atoms with Crippen LogP contribution in [0.4, 0.5) is 0 Å². The predicted octanol–water partition coefficient (Wildman–Crippen LogP) is 0.355. The number of carbonyl (C=O) groups is 1. The highest BCUT2D eigenvalue weighted by Crippen LogP contribution is 2.13. The standard InChI is InChI=1S/C17H21N5O3S/c1-12-8-20-15(10-19-12)11-21-26(24,25)16-4-2-3-13(7-16)17(23)22-14-5-6-18-9-14/h2-4,7-8,10,14,18,21H,5-6,9,11H2,1H3,(H,22,23). The lowest BCUT2D eigenvalue weighted by molar-refractivity contribution is 0.0940. The topological polar surface area (TPSA) is 113 Å². The molecule has 1 unspecified atom stereocenters. The monoisotopic (exact) mass is 375 g/mol. The van der Waals surface area contributed by atoms with Crippen LogP contribution in [0.2, 0.25) is 0 Å². The summed E-state index contributed by atoms with van der Waals surface area (Å²) in [4.78, 5) is 20.6. The number of aromatic nitrogens is 2. The van der Waals surface area contributed by atoms with Crippen molar-refractivity contribution in [2.45, 2.75) is 30.8 Å². The molecule has 1 fully saturated rings. The number of benzene rings is 1. The molecular weight excluding hydrogens is 354 g/mol. The molecule has 1 atom stereocenters. The van der Waals surface area contributed by atoms with E-state index < -0.39 is 10.0 Å². The molecule has 9 heteroatoms. The SMILES string of the molecule is Cc1cnc(CNS(=O)(=O)c2cccc(C(=O)NC3CCNC3)c2)cn1. The molecule has 1 aromatic heterocycles. The summed E-state index contributed by atoms with van der Waals surface area (Å²) in [6, 6.07) is 6.06. The zero-order valence-electron chi connectivity index (χ0n) is 14.4. The molecule has 1 aliphatic rings. The number of hydrogen-bond acceptors (Lipinski definition) is 6. The van der Waals surface area contributed by atoms with Gasteiger partial charge < -0.3 is 10.6 Å². The van der Waals surface area contributed by atoms with Crippen LogP contribution in [0.1, 0.15) is 28.2 Å². The quantitative estimate of drug-likeness (QED) is 0.672. The Hall–Kier alpha value is -2.36. The molecule has 1 aromatic carbocycles. The molecule has 1 aliphatic heterocycles. The molecule has 0 bridgehead atoms. The summed E-state index contributed by atoms with van der Waals surface area (Å²) in [6.07, 6.45) is 3.96. The van der Waals surface area contributed by atoms with Gasteiger partial charge in [-0.3, -0.25) is 14.8 Å². The molecule has 1 amide bonds. The second-order valence-electron chi connectivity index (χ2n) is 6.16. The van der Waals surface area contributed by atoms with Crippen LogP contribution in [-0.2, 0) is 16.6 Å². The Morgan fingerprint density at radius 3 is 2.85 bits per heavy atom. The number of nitrogens with zero attached hydrogens (tertiary/aromatic N) is 2. The van der Waals surface area contributed by atoms with Crippen LogP contribution in [0.3, 0.4) is 0 Å². The van der Waals surface area contributed by atoms with Gasteiger partial charge in [-0.1, -0.05) is 6.07 Å². The van der Waals surface area contributed by atoms with Gasteiger partial charge in [0.1, 0.15) is 0 Å². The van der Waals surface area contributed by atoms with Crippen LogP contribution in [-0.4, -0.2) is 43.4 Å². The Kier molecular flexibility index (Phi) is 5.60. The highest BCUT2D eigenvalue weighted by Gasteiger charge is 2.20. The highest BCUT2D eigenvalue weighted by atomic mass is 32.2. The number of nitrogens with one attached hydrogen (secondary N) is 3. The summed E-state index contributed by atoms with van der Waals surface area (Å²) in [5.41, 5.74) is 1.59. The summed E-state index contributed by atoms with van der Waals surface area (Å²) in [5, 5.41) is 6.07. The largest absolute Gasteiger partial charge is 0.348 e. The maximum absolute atomic E-state index is 12.5. The summed E-state index contributed by atoms with van der Waals surface area (Å²) in [5.74, 6) is -0.278. The van der Waals surface area contributed by atoms with E-state index in [1.54, 1.807) is 25.3 Å². The van der Waals surface area contributed by atoms with Crippen molar-refractivity contribution in [2.75, 3.05) is 13.1 Å². The molecule has 0 spiro atoms. The van der Waals surface area contributed by atoms with Crippen molar-refractivity contribution >= 4 is 15.9 Å². The minimum atomic E-state index is -3.76. The van der Waals surface area contributed by atoms with Crippen molar-refractivity contribution in [3.8, 4) is 0 Å². The van der Waals surface area contributed by atoms with Crippen molar-refractivity contribution in [2.24, 2.45) is 0 Å². The fourth-order valence-electron chi connectivity index (χ4n) is 2.61. The van der Waals surface area contributed by atoms with Gasteiger partial charge in [-0.2, -0.15) is 0 Å². The fraction of sp³-hybridized carbons (Fsp3) is 0.353. The lowest BCUT2D eigenvalue weighted by atomic mass is 10.2. The third-order valence-corrected chi connectivity index (χ3v) is 5.48. The van der Waals surface area contributed by atoms with Crippen LogP contribution in [0.25, 0.3) is 0 Å². The van der Waals surface area contributed by atoms with Crippen molar-refractivity contribution in [1.82, 2.24) is 25.3 Å². The van der Waals surface area contributed by atoms with Gasteiger partial charge in [0.05, 0.1) is 29.0 Å². The van der Waals surface area contributed by atoms with Crippen LogP contribution in [0.5, 0.6) is 0 Å². The minimum Gasteiger partial charge on any atom is -0.348 e. The first kappa shape index (κ1) is 18.4. The maximum Gasteiger partial charge on any atom is 0.251 e. The number of rotatable bonds is 6. The Bertz CT molecular complexity index is 878. The fourth-order valence-corrected chi connectivity index (χ4v) is 3.66. The van der Waals surface area contributed by atoms with E-state index in [0.29, 0.717) is 11.3 Å². The Morgan fingerprint density at radius 1 is 1.31 bits per heavy atom. The second kappa shape index (κ2) is 7.90. The van der Waals surface area contributed by atoms with Gasteiger partial charge >= 0.3 is 0 Å². The molecule has 0 aliphatic carbocycles. The third-order valence-electron chi connectivity index (χ3n) is 4.08. The first-order chi connectivity index (χ1) is 12.4. The van der Waals surface area contributed by atoms with Crippen molar-refractivity contribution in [3.63, 3.8) is 0 Å². The average molecular weight is 375 g/mol. The van der Waals surface area contributed by atoms with Gasteiger partial charge in [0.15, 0.2) is 0 Å². The van der Waals surface area contributed by atoms with E-state index in [4.69, 9.17) is 0 Å². The zero-order chi connectivity index (χ0) is 18.6. The van der Waals surface area contributed by atoms with E-state index in [-0.39, 0.29) is 23.4 Å². The van der Waals surface area contributed by atoms with Crippen molar-refractivity contribution < 1.29 is 13.2 Å². The van der Waals surface area contributed by atoms with E-state index in [0.717, 1.165) is 25.2 Å². The van der Waals surface area contributed by atoms with E-state index in [9.17, 15) is 13.2 Å². The van der Waals surface area contributed by atoms with Crippen LogP contribution in [0.15, 0.2) is 41.6 Å². The Morgan fingerprint density at radius 2 is 2.15 bits per heavy atom. The van der Waals surface area contributed by atoms with Gasteiger partial charge in [-0.25, -0.2) is 13.1 Å². The van der Waals surface area contributed by atoms with Crippen LogP contribution >= 0.6 is 0 Å². The molecule has 0 radical (unpaired) electrons. The molecule has 26 heavy (non-hydrogen) atoms. The van der Waals surface area contributed by atoms with Gasteiger partial charge in [0, 0.05) is 24.3 Å². The molecule has 2 aromatic rings. The second-order valence-corrected chi connectivity index (χ2v) is 7.93. The molecule has 3 N–H and O–H groups in total. The molecule has 0 saturated carbocycles. The third kappa shape index (κ3) is 4.63. The lowest BCUT2D eigenvalue weighted by Gasteiger charge is -2.12. The molecular formula is C17H21N5O3S. The number of amides is 1. The summed E-state index contributed by atoms with van der Waals surface area (Å²) < 4.78 is 27.5. The van der Waals surface area contributed by atoms with Crippen molar-refractivity contribution in [3.05, 3.63) is 53.6 Å². The van der Waals surface area contributed by atoms with E-state index in [1.807, 2.05) is 0 Å². The summed E-state index contributed by atoms with van der Waals surface area (Å²) >= 11 is 0. The molecule has 138 valence electrons. The molecule has 8 nitrogen and oxygen atoms in total. The predicted molar refractivity (Wildman–Crippen MR) is 96.0 cm³/mol. The van der Waals surface area contributed by atoms with Gasteiger partial charge in [0.25, 0.3) is 5.91 Å². The van der Waals surface area contributed by atoms with Crippen LogP contribution in [0, 0.1) is 6.92 Å². The first-order valence-corrected chi connectivity index (χ1v) is 9.81. The number of carbonyl (C=O) groups excluding carboxylic acids is 1. The molecule has 1 saturated heterocycles. The molecule has 3 rings (SSSR count). The normalized spacial score (nSPS) is 17.2. The van der Waals surface area contributed by atoms with Gasteiger partial charge in [-0.15, -0.1) is 0 Å². The van der Waals surface area contributed by atoms with Crippen LogP contribution < -0.4 is 15.4 Å². The van der Waals surface area contributed by atoms with E-state index in [1.165, 1.54) is 18.3 Å². The smallest absolute Gasteiger partial charge is 0.251 e. The van der Waals surface area contributed by atoms with E-state index >= 15 is 0 Å². The number of aryl methyl sites for hydroxylation is 1. The minimum absolute atomic E-state index is 0.0276. The zero-order valence-corrected chi connectivity index (χ0v) is 15.2.